The van der Waals surface area contributed by atoms with Crippen LogP contribution in [0.3, 0.4) is 0 Å². The topological polar surface area (TPSA) is 23.5 Å². The SMILES string of the molecule is CC(C)C1CCC(O)C(N2CCCC(C(C)(C)C)CC2)C1. The van der Waals surface area contributed by atoms with Gasteiger partial charge in [-0.2, -0.15) is 0 Å². The standard InChI is InChI=1S/C19H37NO/c1-14(2)15-8-9-18(21)17(13-15)20-11-6-7-16(10-12-20)19(3,4)5/h14-18,21H,6-13H2,1-5H3. The van der Waals surface area contributed by atoms with E-state index in [2.05, 4.69) is 39.5 Å². The Balaban J connectivity index is 1.97. The van der Waals surface area contributed by atoms with Crippen molar-refractivity contribution in [2.75, 3.05) is 13.1 Å². The van der Waals surface area contributed by atoms with Crippen molar-refractivity contribution in [2.45, 2.75) is 85.3 Å². The molecule has 1 aliphatic carbocycles. The molecule has 0 aromatic heterocycles. The summed E-state index contributed by atoms with van der Waals surface area (Å²) in [6.07, 6.45) is 7.30. The van der Waals surface area contributed by atoms with Gasteiger partial charge in [-0.05, 0) is 74.8 Å². The maximum absolute atomic E-state index is 10.5. The van der Waals surface area contributed by atoms with Crippen LogP contribution in [0.2, 0.25) is 0 Å². The molecule has 2 fully saturated rings. The number of hydrogen-bond donors (Lipinski definition) is 1. The van der Waals surface area contributed by atoms with E-state index in [0.717, 1.165) is 24.2 Å². The second kappa shape index (κ2) is 7.00. The van der Waals surface area contributed by atoms with Crippen LogP contribution in [0.1, 0.15) is 73.1 Å². The monoisotopic (exact) mass is 295 g/mol. The van der Waals surface area contributed by atoms with Gasteiger partial charge in [0.2, 0.25) is 0 Å². The van der Waals surface area contributed by atoms with Gasteiger partial charge >= 0.3 is 0 Å². The Morgan fingerprint density at radius 2 is 1.71 bits per heavy atom. The van der Waals surface area contributed by atoms with Crippen LogP contribution in [0, 0.1) is 23.2 Å². The van der Waals surface area contributed by atoms with Gasteiger partial charge in [-0.25, -0.2) is 0 Å². The van der Waals surface area contributed by atoms with Crippen molar-refractivity contribution in [1.29, 1.82) is 0 Å². The second-order valence-electron chi connectivity index (χ2n) is 8.98. The van der Waals surface area contributed by atoms with Crippen molar-refractivity contribution >= 4 is 0 Å². The lowest BCUT2D eigenvalue weighted by molar-refractivity contribution is -0.00410. The third kappa shape index (κ3) is 4.45. The van der Waals surface area contributed by atoms with E-state index in [1.807, 2.05) is 0 Å². The van der Waals surface area contributed by atoms with E-state index in [4.69, 9.17) is 0 Å². The average Bonchev–Trinajstić information content (AvgIpc) is 2.64. The molecule has 0 aromatic carbocycles. The van der Waals surface area contributed by atoms with Crippen LogP contribution in [-0.4, -0.2) is 35.2 Å². The third-order valence-corrected chi connectivity index (χ3v) is 6.22. The molecule has 1 heterocycles. The molecule has 0 radical (unpaired) electrons. The van der Waals surface area contributed by atoms with Gasteiger partial charge in [0.25, 0.3) is 0 Å². The first-order valence-corrected chi connectivity index (χ1v) is 9.21. The summed E-state index contributed by atoms with van der Waals surface area (Å²) in [6.45, 7) is 14.2. The molecule has 0 spiro atoms. The van der Waals surface area contributed by atoms with Crippen molar-refractivity contribution in [3.05, 3.63) is 0 Å². The minimum atomic E-state index is -0.0915. The van der Waals surface area contributed by atoms with Gasteiger partial charge in [-0.1, -0.05) is 34.6 Å². The molecule has 1 N–H and O–H groups in total. The molecule has 2 aliphatic rings. The smallest absolute Gasteiger partial charge is 0.0695 e. The predicted molar refractivity (Wildman–Crippen MR) is 90.3 cm³/mol. The molecule has 2 rings (SSSR count). The van der Waals surface area contributed by atoms with E-state index in [9.17, 15) is 5.11 Å². The number of aliphatic hydroxyl groups is 1. The zero-order chi connectivity index (χ0) is 15.6. The molecular weight excluding hydrogens is 258 g/mol. The van der Waals surface area contributed by atoms with Gasteiger partial charge in [-0.3, -0.25) is 4.90 Å². The lowest BCUT2D eigenvalue weighted by atomic mass is 9.76. The zero-order valence-electron chi connectivity index (χ0n) is 14.9. The van der Waals surface area contributed by atoms with Gasteiger partial charge in [-0.15, -0.1) is 0 Å². The minimum absolute atomic E-state index is 0.0915. The van der Waals surface area contributed by atoms with Gasteiger partial charge < -0.3 is 5.11 Å². The molecule has 2 heteroatoms. The Hall–Kier alpha value is -0.0800. The summed E-state index contributed by atoms with van der Waals surface area (Å²) in [7, 11) is 0. The van der Waals surface area contributed by atoms with E-state index in [1.54, 1.807) is 0 Å². The van der Waals surface area contributed by atoms with E-state index < -0.39 is 0 Å². The van der Waals surface area contributed by atoms with Crippen molar-refractivity contribution < 1.29 is 5.11 Å². The quantitative estimate of drug-likeness (QED) is 0.820. The average molecular weight is 296 g/mol. The summed E-state index contributed by atoms with van der Waals surface area (Å²) in [5.41, 5.74) is 0.432. The Morgan fingerprint density at radius 1 is 1.00 bits per heavy atom. The highest BCUT2D eigenvalue weighted by Gasteiger charge is 2.36. The Kier molecular flexibility index (Phi) is 5.76. The lowest BCUT2D eigenvalue weighted by Crippen LogP contribution is -2.48. The number of hydrogen-bond acceptors (Lipinski definition) is 2. The lowest BCUT2D eigenvalue weighted by Gasteiger charge is -2.41. The van der Waals surface area contributed by atoms with Crippen molar-refractivity contribution in [3.8, 4) is 0 Å². The molecule has 124 valence electrons. The maximum atomic E-state index is 10.5. The van der Waals surface area contributed by atoms with Gasteiger partial charge in [0.1, 0.15) is 0 Å². The highest BCUT2D eigenvalue weighted by molar-refractivity contribution is 4.90. The first kappa shape index (κ1) is 17.3. The minimum Gasteiger partial charge on any atom is -0.391 e. The van der Waals surface area contributed by atoms with Crippen LogP contribution in [0.25, 0.3) is 0 Å². The summed E-state index contributed by atoms with van der Waals surface area (Å²) in [4.78, 5) is 2.63. The van der Waals surface area contributed by atoms with Gasteiger partial charge in [0.15, 0.2) is 0 Å². The number of nitrogens with zero attached hydrogens (tertiary/aromatic N) is 1. The largest absolute Gasteiger partial charge is 0.391 e. The first-order chi connectivity index (χ1) is 9.79. The van der Waals surface area contributed by atoms with Crippen LogP contribution in [-0.2, 0) is 0 Å². The summed E-state index contributed by atoms with van der Waals surface area (Å²) < 4.78 is 0. The molecule has 4 unspecified atom stereocenters. The van der Waals surface area contributed by atoms with Crippen molar-refractivity contribution in [3.63, 3.8) is 0 Å². The normalized spacial score (nSPS) is 36.7. The summed E-state index contributed by atoms with van der Waals surface area (Å²) in [5, 5.41) is 10.5. The Bertz CT molecular complexity index is 320. The van der Waals surface area contributed by atoms with E-state index in [1.165, 1.54) is 45.2 Å². The Morgan fingerprint density at radius 3 is 2.33 bits per heavy atom. The number of rotatable bonds is 2. The number of aliphatic hydroxyl groups excluding tert-OH is 1. The molecule has 2 nitrogen and oxygen atoms in total. The molecule has 1 saturated heterocycles. The third-order valence-electron chi connectivity index (χ3n) is 6.22. The molecule has 0 bridgehead atoms. The first-order valence-electron chi connectivity index (χ1n) is 9.21. The van der Waals surface area contributed by atoms with Crippen molar-refractivity contribution in [1.82, 2.24) is 4.90 Å². The predicted octanol–water partition coefficient (Wildman–Crippen LogP) is 4.32. The maximum Gasteiger partial charge on any atom is 0.0695 e. The van der Waals surface area contributed by atoms with Crippen LogP contribution in [0.5, 0.6) is 0 Å². The fourth-order valence-corrected chi connectivity index (χ4v) is 4.48. The number of likely N-dealkylation sites (tertiary alicyclic amines) is 1. The summed E-state index contributed by atoms with van der Waals surface area (Å²) in [6, 6.07) is 0.421. The van der Waals surface area contributed by atoms with Gasteiger partial charge in [0.05, 0.1) is 6.10 Å². The van der Waals surface area contributed by atoms with Gasteiger partial charge in [0, 0.05) is 6.04 Å². The highest BCUT2D eigenvalue weighted by atomic mass is 16.3. The molecular formula is C19H37NO. The van der Waals surface area contributed by atoms with Crippen LogP contribution >= 0.6 is 0 Å². The molecule has 0 amide bonds. The molecule has 1 aliphatic heterocycles. The van der Waals surface area contributed by atoms with Crippen LogP contribution in [0.4, 0.5) is 0 Å². The highest BCUT2D eigenvalue weighted by Crippen LogP contribution is 2.37. The second-order valence-corrected chi connectivity index (χ2v) is 8.98. The Labute approximate surface area is 132 Å². The van der Waals surface area contributed by atoms with Crippen molar-refractivity contribution in [2.24, 2.45) is 23.2 Å². The van der Waals surface area contributed by atoms with Crippen LogP contribution < -0.4 is 0 Å². The van der Waals surface area contributed by atoms with E-state index in [0.29, 0.717) is 11.5 Å². The summed E-state index contributed by atoms with van der Waals surface area (Å²) >= 11 is 0. The van der Waals surface area contributed by atoms with E-state index >= 15 is 0 Å². The molecule has 21 heavy (non-hydrogen) atoms. The molecule has 4 atom stereocenters. The van der Waals surface area contributed by atoms with E-state index in [-0.39, 0.29) is 6.10 Å². The molecule has 0 aromatic rings. The fraction of sp³-hybridized carbons (Fsp3) is 1.00. The zero-order valence-corrected chi connectivity index (χ0v) is 14.9. The summed E-state index contributed by atoms with van der Waals surface area (Å²) in [5.74, 6) is 2.40. The fourth-order valence-electron chi connectivity index (χ4n) is 4.48. The van der Waals surface area contributed by atoms with Crippen LogP contribution in [0.15, 0.2) is 0 Å². The molecule has 1 saturated carbocycles.